The van der Waals surface area contributed by atoms with Crippen LogP contribution < -0.4 is 5.32 Å². The molecular formula is C16H17N3O. The molecule has 1 saturated carbocycles. The minimum Gasteiger partial charge on any atom is -0.310 e. The van der Waals surface area contributed by atoms with Crippen LogP contribution in [0.15, 0.2) is 48.9 Å². The molecule has 0 spiro atoms. The highest BCUT2D eigenvalue weighted by Gasteiger charge is 2.42. The van der Waals surface area contributed by atoms with E-state index in [4.69, 9.17) is 0 Å². The minimum absolute atomic E-state index is 0.0416. The van der Waals surface area contributed by atoms with Gasteiger partial charge in [0, 0.05) is 6.20 Å². The van der Waals surface area contributed by atoms with Gasteiger partial charge >= 0.3 is 0 Å². The maximum absolute atomic E-state index is 12.8. The van der Waals surface area contributed by atoms with Gasteiger partial charge in [0.05, 0.1) is 5.41 Å². The molecule has 1 aromatic carbocycles. The molecule has 4 nitrogen and oxygen atoms in total. The van der Waals surface area contributed by atoms with Crippen LogP contribution in [0.3, 0.4) is 0 Å². The number of nitrogens with one attached hydrogen (secondary N) is 1. The number of nitrogens with zero attached hydrogens (tertiary/aromatic N) is 2. The molecule has 1 fully saturated rings. The largest absolute Gasteiger partial charge is 0.310 e. The third-order valence-electron chi connectivity index (χ3n) is 4.04. The van der Waals surface area contributed by atoms with Gasteiger partial charge in [-0.2, -0.15) is 0 Å². The summed E-state index contributed by atoms with van der Waals surface area (Å²) in [7, 11) is 0. The number of carbonyl (C=O) groups is 1. The van der Waals surface area contributed by atoms with Crippen LogP contribution in [0, 0.1) is 0 Å². The maximum Gasteiger partial charge on any atom is 0.236 e. The Bertz CT molecular complexity index is 577. The quantitative estimate of drug-likeness (QED) is 0.930. The Morgan fingerprint density at radius 1 is 1.10 bits per heavy atom. The van der Waals surface area contributed by atoms with Crippen LogP contribution in [0.4, 0.5) is 5.82 Å². The van der Waals surface area contributed by atoms with E-state index in [1.807, 2.05) is 30.3 Å². The summed E-state index contributed by atoms with van der Waals surface area (Å²) in [6.45, 7) is 0. The van der Waals surface area contributed by atoms with Crippen molar-refractivity contribution in [3.63, 3.8) is 0 Å². The Hall–Kier alpha value is -2.23. The average molecular weight is 267 g/mol. The number of amides is 1. The van der Waals surface area contributed by atoms with Crippen molar-refractivity contribution in [3.05, 3.63) is 54.5 Å². The summed E-state index contributed by atoms with van der Waals surface area (Å²) in [5, 5.41) is 2.93. The number of carbonyl (C=O) groups excluding carboxylic acids is 1. The van der Waals surface area contributed by atoms with E-state index in [1.165, 1.54) is 6.33 Å². The van der Waals surface area contributed by atoms with Crippen LogP contribution in [0.2, 0.25) is 0 Å². The number of hydrogen-bond acceptors (Lipinski definition) is 3. The van der Waals surface area contributed by atoms with Gasteiger partial charge in [-0.3, -0.25) is 4.79 Å². The van der Waals surface area contributed by atoms with Crippen LogP contribution in [0.25, 0.3) is 0 Å². The summed E-state index contributed by atoms with van der Waals surface area (Å²) in [6.07, 6.45) is 7.05. The van der Waals surface area contributed by atoms with Crippen LogP contribution in [0.5, 0.6) is 0 Å². The summed E-state index contributed by atoms with van der Waals surface area (Å²) < 4.78 is 0. The predicted molar refractivity (Wildman–Crippen MR) is 77.2 cm³/mol. The number of aromatic nitrogens is 2. The van der Waals surface area contributed by atoms with Crippen molar-refractivity contribution in [2.24, 2.45) is 0 Å². The van der Waals surface area contributed by atoms with E-state index in [1.54, 1.807) is 12.3 Å². The smallest absolute Gasteiger partial charge is 0.236 e. The zero-order chi connectivity index (χ0) is 13.8. The molecule has 1 aliphatic rings. The first kappa shape index (κ1) is 12.8. The Morgan fingerprint density at radius 3 is 2.50 bits per heavy atom. The van der Waals surface area contributed by atoms with Crippen LogP contribution in [0.1, 0.15) is 31.2 Å². The highest BCUT2D eigenvalue weighted by atomic mass is 16.2. The first-order valence-electron chi connectivity index (χ1n) is 6.94. The van der Waals surface area contributed by atoms with Crippen molar-refractivity contribution >= 4 is 11.7 Å². The lowest BCUT2D eigenvalue weighted by Gasteiger charge is -2.28. The lowest BCUT2D eigenvalue weighted by molar-refractivity contribution is -0.121. The van der Waals surface area contributed by atoms with Crippen molar-refractivity contribution < 1.29 is 4.79 Å². The normalized spacial score (nSPS) is 16.8. The fourth-order valence-corrected chi connectivity index (χ4v) is 2.98. The van der Waals surface area contributed by atoms with Crippen molar-refractivity contribution in [1.82, 2.24) is 9.97 Å². The van der Waals surface area contributed by atoms with Gasteiger partial charge in [0.25, 0.3) is 0 Å². The van der Waals surface area contributed by atoms with Crippen LogP contribution in [-0.2, 0) is 10.2 Å². The SMILES string of the molecule is O=C(Nc1ccncn1)C1(c2ccccc2)CCCC1. The first-order chi connectivity index (χ1) is 9.81. The molecule has 1 N–H and O–H groups in total. The van der Waals surface area contributed by atoms with Gasteiger partial charge in [-0.1, -0.05) is 43.2 Å². The number of anilines is 1. The lowest BCUT2D eigenvalue weighted by atomic mass is 9.78. The molecule has 1 heterocycles. The van der Waals surface area contributed by atoms with Crippen molar-refractivity contribution in [2.45, 2.75) is 31.1 Å². The average Bonchev–Trinajstić information content (AvgIpc) is 3.00. The molecule has 3 rings (SSSR count). The molecule has 0 bridgehead atoms. The van der Waals surface area contributed by atoms with E-state index in [9.17, 15) is 4.79 Å². The van der Waals surface area contributed by atoms with Crippen molar-refractivity contribution in [2.75, 3.05) is 5.32 Å². The fourth-order valence-electron chi connectivity index (χ4n) is 2.98. The predicted octanol–water partition coefficient (Wildman–Crippen LogP) is 2.93. The molecule has 0 atom stereocenters. The lowest BCUT2D eigenvalue weighted by Crippen LogP contribution is -2.38. The monoisotopic (exact) mass is 267 g/mol. The summed E-state index contributed by atoms with van der Waals surface area (Å²) in [6, 6.07) is 11.8. The van der Waals surface area contributed by atoms with Gasteiger partial charge in [-0.05, 0) is 24.5 Å². The minimum atomic E-state index is -0.411. The maximum atomic E-state index is 12.8. The molecule has 102 valence electrons. The molecule has 1 aliphatic carbocycles. The topological polar surface area (TPSA) is 54.9 Å². The van der Waals surface area contributed by atoms with E-state index in [2.05, 4.69) is 15.3 Å². The van der Waals surface area contributed by atoms with Gasteiger partial charge in [-0.25, -0.2) is 9.97 Å². The van der Waals surface area contributed by atoms with Gasteiger partial charge in [0.15, 0.2) is 0 Å². The van der Waals surface area contributed by atoms with E-state index in [0.29, 0.717) is 5.82 Å². The number of rotatable bonds is 3. The third kappa shape index (κ3) is 2.29. The molecular weight excluding hydrogens is 250 g/mol. The van der Waals surface area contributed by atoms with Crippen LogP contribution >= 0.6 is 0 Å². The zero-order valence-corrected chi connectivity index (χ0v) is 11.2. The van der Waals surface area contributed by atoms with Gasteiger partial charge in [-0.15, -0.1) is 0 Å². The Labute approximate surface area is 118 Å². The molecule has 0 radical (unpaired) electrons. The summed E-state index contributed by atoms with van der Waals surface area (Å²) in [5.74, 6) is 0.604. The molecule has 0 saturated heterocycles. The highest BCUT2D eigenvalue weighted by molar-refractivity contribution is 5.98. The van der Waals surface area contributed by atoms with E-state index < -0.39 is 5.41 Å². The highest BCUT2D eigenvalue weighted by Crippen LogP contribution is 2.41. The Balaban J connectivity index is 1.89. The summed E-state index contributed by atoms with van der Waals surface area (Å²) in [5.41, 5.74) is 0.690. The molecule has 20 heavy (non-hydrogen) atoms. The molecule has 4 heteroatoms. The van der Waals surface area contributed by atoms with E-state index in [-0.39, 0.29) is 5.91 Å². The van der Waals surface area contributed by atoms with Crippen molar-refractivity contribution in [1.29, 1.82) is 0 Å². The fraction of sp³-hybridized carbons (Fsp3) is 0.312. The second kappa shape index (κ2) is 5.41. The molecule has 1 aromatic heterocycles. The molecule has 2 aromatic rings. The zero-order valence-electron chi connectivity index (χ0n) is 11.2. The molecule has 0 unspecified atom stereocenters. The number of hydrogen-bond donors (Lipinski definition) is 1. The molecule has 0 aliphatic heterocycles. The van der Waals surface area contributed by atoms with Gasteiger partial charge < -0.3 is 5.32 Å². The van der Waals surface area contributed by atoms with Crippen LogP contribution in [-0.4, -0.2) is 15.9 Å². The Kier molecular flexibility index (Phi) is 3.46. The van der Waals surface area contributed by atoms with E-state index in [0.717, 1.165) is 31.2 Å². The first-order valence-corrected chi connectivity index (χ1v) is 6.94. The molecule has 1 amide bonds. The summed E-state index contributed by atoms with van der Waals surface area (Å²) in [4.78, 5) is 20.7. The van der Waals surface area contributed by atoms with E-state index >= 15 is 0 Å². The standard InChI is InChI=1S/C16H17N3O/c20-15(19-14-8-11-17-12-18-14)16(9-4-5-10-16)13-6-2-1-3-7-13/h1-3,6-8,11-12H,4-5,9-10H2,(H,17,18,19,20). The van der Waals surface area contributed by atoms with Gasteiger partial charge in [0.2, 0.25) is 5.91 Å². The third-order valence-corrected chi connectivity index (χ3v) is 4.04. The summed E-state index contributed by atoms with van der Waals surface area (Å²) >= 11 is 0. The Morgan fingerprint density at radius 2 is 1.85 bits per heavy atom. The second-order valence-electron chi connectivity index (χ2n) is 5.20. The van der Waals surface area contributed by atoms with Gasteiger partial charge in [0.1, 0.15) is 12.1 Å². The number of benzene rings is 1. The second-order valence-corrected chi connectivity index (χ2v) is 5.20. The van der Waals surface area contributed by atoms with Crippen molar-refractivity contribution in [3.8, 4) is 0 Å².